The van der Waals surface area contributed by atoms with Gasteiger partial charge in [-0.25, -0.2) is 0 Å². The second kappa shape index (κ2) is 5.61. The van der Waals surface area contributed by atoms with Crippen LogP contribution in [-0.4, -0.2) is 45.6 Å². The van der Waals surface area contributed by atoms with Gasteiger partial charge in [-0.3, -0.25) is 4.90 Å². The number of oxime groups is 1. The zero-order chi connectivity index (χ0) is 11.4. The van der Waals surface area contributed by atoms with Crippen molar-refractivity contribution in [1.29, 1.82) is 0 Å². The molecule has 1 fully saturated rings. The van der Waals surface area contributed by atoms with Gasteiger partial charge < -0.3 is 10.9 Å². The normalized spacial score (nSPS) is 31.5. The molecule has 0 amide bonds. The van der Waals surface area contributed by atoms with E-state index >= 15 is 0 Å². The van der Waals surface area contributed by atoms with E-state index in [9.17, 15) is 0 Å². The van der Waals surface area contributed by atoms with Crippen molar-refractivity contribution in [2.24, 2.45) is 10.9 Å². The molecule has 3 N–H and O–H groups in total. The average molecular weight is 231 g/mol. The summed E-state index contributed by atoms with van der Waals surface area (Å²) in [5, 5.41) is 12.2. The van der Waals surface area contributed by atoms with E-state index in [0.29, 0.717) is 29.6 Å². The van der Waals surface area contributed by atoms with Gasteiger partial charge in [0.15, 0.2) is 0 Å². The number of nitrogens with two attached hydrogens (primary N) is 1. The van der Waals surface area contributed by atoms with Gasteiger partial charge in [-0.05, 0) is 13.8 Å². The van der Waals surface area contributed by atoms with Gasteiger partial charge in [0.1, 0.15) is 5.84 Å². The van der Waals surface area contributed by atoms with Crippen molar-refractivity contribution in [2.75, 3.05) is 12.3 Å². The van der Waals surface area contributed by atoms with Crippen molar-refractivity contribution < 1.29 is 5.21 Å². The molecular weight excluding hydrogens is 210 g/mol. The molecule has 0 aromatic rings. The zero-order valence-corrected chi connectivity index (χ0v) is 10.5. The second-order valence-corrected chi connectivity index (χ2v) is 5.68. The minimum Gasteiger partial charge on any atom is -0.409 e. The first-order valence-electron chi connectivity index (χ1n) is 5.40. The molecular formula is C10H21N3OS. The highest BCUT2D eigenvalue weighted by molar-refractivity contribution is 8.00. The van der Waals surface area contributed by atoms with Gasteiger partial charge in [-0.2, -0.15) is 11.8 Å². The third-order valence-electron chi connectivity index (χ3n) is 3.13. The average Bonchev–Trinajstić information content (AvgIpc) is 2.21. The highest BCUT2D eigenvalue weighted by atomic mass is 32.2. The van der Waals surface area contributed by atoms with Crippen LogP contribution in [0.2, 0.25) is 0 Å². The van der Waals surface area contributed by atoms with Gasteiger partial charge in [0.2, 0.25) is 0 Å². The van der Waals surface area contributed by atoms with Crippen molar-refractivity contribution in [2.45, 2.75) is 44.5 Å². The summed E-state index contributed by atoms with van der Waals surface area (Å²) in [6, 6.07) is 0.907. The topological polar surface area (TPSA) is 61.8 Å². The Labute approximate surface area is 95.9 Å². The van der Waals surface area contributed by atoms with E-state index in [1.54, 1.807) is 0 Å². The molecule has 1 aliphatic rings. The zero-order valence-electron chi connectivity index (χ0n) is 9.68. The monoisotopic (exact) mass is 231 g/mol. The predicted molar refractivity (Wildman–Crippen MR) is 65.6 cm³/mol. The number of thioether (sulfide) groups is 1. The summed E-state index contributed by atoms with van der Waals surface area (Å²) >= 11 is 2.02. The van der Waals surface area contributed by atoms with Crippen molar-refractivity contribution in [1.82, 2.24) is 4.90 Å². The van der Waals surface area contributed by atoms with Gasteiger partial charge in [-0.15, -0.1) is 0 Å². The van der Waals surface area contributed by atoms with Gasteiger partial charge in [0, 0.05) is 36.1 Å². The Morgan fingerprint density at radius 2 is 2.33 bits per heavy atom. The minimum absolute atomic E-state index is 0.320. The molecule has 0 bridgehead atoms. The summed E-state index contributed by atoms with van der Waals surface area (Å²) in [6.07, 6.45) is 0.637. The van der Waals surface area contributed by atoms with Crippen molar-refractivity contribution in [3.05, 3.63) is 0 Å². The number of rotatable bonds is 3. The molecule has 15 heavy (non-hydrogen) atoms. The molecule has 1 heterocycles. The smallest absolute Gasteiger partial charge is 0.140 e. The lowest BCUT2D eigenvalue weighted by molar-refractivity contribution is 0.160. The maximum atomic E-state index is 8.54. The van der Waals surface area contributed by atoms with Gasteiger partial charge >= 0.3 is 0 Å². The Balaban J connectivity index is 2.54. The van der Waals surface area contributed by atoms with Crippen LogP contribution < -0.4 is 5.73 Å². The number of hydrogen-bond donors (Lipinski definition) is 2. The fourth-order valence-electron chi connectivity index (χ4n) is 2.04. The molecule has 3 unspecified atom stereocenters. The predicted octanol–water partition coefficient (Wildman–Crippen LogP) is 1.34. The van der Waals surface area contributed by atoms with E-state index in [4.69, 9.17) is 10.9 Å². The van der Waals surface area contributed by atoms with E-state index in [-0.39, 0.29) is 0 Å². The Morgan fingerprint density at radius 1 is 1.67 bits per heavy atom. The SMILES string of the molecule is CC1SCCN(C(C)CC(N)=NO)C1C. The lowest BCUT2D eigenvalue weighted by atomic mass is 10.1. The number of hydrogen-bond acceptors (Lipinski definition) is 4. The van der Waals surface area contributed by atoms with Crippen LogP contribution in [0.3, 0.4) is 0 Å². The molecule has 4 nitrogen and oxygen atoms in total. The van der Waals surface area contributed by atoms with E-state index in [1.807, 2.05) is 11.8 Å². The third-order valence-corrected chi connectivity index (χ3v) is 4.47. The Morgan fingerprint density at radius 3 is 2.93 bits per heavy atom. The Hall–Kier alpha value is -0.420. The summed E-state index contributed by atoms with van der Waals surface area (Å²) < 4.78 is 0. The molecule has 0 radical (unpaired) electrons. The largest absolute Gasteiger partial charge is 0.409 e. The highest BCUT2D eigenvalue weighted by Gasteiger charge is 2.28. The summed E-state index contributed by atoms with van der Waals surface area (Å²) in [4.78, 5) is 2.44. The minimum atomic E-state index is 0.320. The number of amidine groups is 1. The molecule has 0 saturated carbocycles. The molecule has 1 rings (SSSR count). The molecule has 0 spiro atoms. The number of nitrogens with zero attached hydrogens (tertiary/aromatic N) is 2. The van der Waals surface area contributed by atoms with Crippen LogP contribution in [0.5, 0.6) is 0 Å². The first-order valence-corrected chi connectivity index (χ1v) is 6.45. The van der Waals surface area contributed by atoms with Crippen molar-refractivity contribution in [3.63, 3.8) is 0 Å². The Kier molecular flexibility index (Phi) is 4.73. The second-order valence-electron chi connectivity index (χ2n) is 4.20. The summed E-state index contributed by atoms with van der Waals surface area (Å²) in [7, 11) is 0. The standard InChI is InChI=1S/C10H21N3OS/c1-7(6-10(11)12-14)13-4-5-15-9(3)8(13)2/h7-9,14H,4-6H2,1-3H3,(H2,11,12). The van der Waals surface area contributed by atoms with Crippen LogP contribution in [0.4, 0.5) is 0 Å². The fourth-order valence-corrected chi connectivity index (χ4v) is 3.16. The van der Waals surface area contributed by atoms with Gasteiger partial charge in [0.25, 0.3) is 0 Å². The first kappa shape index (κ1) is 12.6. The summed E-state index contributed by atoms with van der Waals surface area (Å²) in [6.45, 7) is 7.74. The van der Waals surface area contributed by atoms with Crippen LogP contribution in [0.15, 0.2) is 5.16 Å². The summed E-state index contributed by atoms with van der Waals surface area (Å²) in [5.74, 6) is 1.49. The van der Waals surface area contributed by atoms with E-state index in [0.717, 1.165) is 6.54 Å². The van der Waals surface area contributed by atoms with E-state index < -0.39 is 0 Å². The van der Waals surface area contributed by atoms with Crippen molar-refractivity contribution >= 4 is 17.6 Å². The Bertz CT molecular complexity index is 235. The van der Waals surface area contributed by atoms with Crippen molar-refractivity contribution in [3.8, 4) is 0 Å². The van der Waals surface area contributed by atoms with Crippen LogP contribution in [0.25, 0.3) is 0 Å². The molecule has 0 aromatic carbocycles. The fraction of sp³-hybridized carbons (Fsp3) is 0.900. The molecule has 3 atom stereocenters. The first-order chi connectivity index (χ1) is 7.06. The van der Waals surface area contributed by atoms with Gasteiger partial charge in [-0.1, -0.05) is 12.1 Å². The molecule has 1 saturated heterocycles. The lowest BCUT2D eigenvalue weighted by Crippen LogP contribution is -2.50. The van der Waals surface area contributed by atoms with Gasteiger partial charge in [0.05, 0.1) is 0 Å². The lowest BCUT2D eigenvalue weighted by Gasteiger charge is -2.41. The van der Waals surface area contributed by atoms with Crippen LogP contribution in [0.1, 0.15) is 27.2 Å². The maximum absolute atomic E-state index is 8.54. The molecule has 1 aliphatic heterocycles. The molecule has 0 aromatic heterocycles. The summed E-state index contributed by atoms with van der Waals surface area (Å²) in [5.41, 5.74) is 5.53. The molecule has 88 valence electrons. The van der Waals surface area contributed by atoms with E-state index in [2.05, 4.69) is 30.8 Å². The van der Waals surface area contributed by atoms with Crippen LogP contribution in [-0.2, 0) is 0 Å². The third kappa shape index (κ3) is 3.28. The van der Waals surface area contributed by atoms with E-state index in [1.165, 1.54) is 5.75 Å². The molecule has 0 aliphatic carbocycles. The molecule has 5 heteroatoms. The highest BCUT2D eigenvalue weighted by Crippen LogP contribution is 2.26. The van der Waals surface area contributed by atoms with Crippen LogP contribution in [0, 0.1) is 0 Å². The maximum Gasteiger partial charge on any atom is 0.140 e. The quantitative estimate of drug-likeness (QED) is 0.333. The van der Waals surface area contributed by atoms with Crippen LogP contribution >= 0.6 is 11.8 Å².